The highest BCUT2D eigenvalue weighted by atomic mass is 32.2. The molecule has 7 nitrogen and oxygen atoms in total. The first kappa shape index (κ1) is 25.2. The normalized spacial score (nSPS) is 11.4. The fraction of sp³-hybridized carbons (Fsp3) is 0.214. The summed E-state index contributed by atoms with van der Waals surface area (Å²) >= 11 is 0. The van der Waals surface area contributed by atoms with Gasteiger partial charge in [0, 0.05) is 18.9 Å². The van der Waals surface area contributed by atoms with Crippen LogP contribution in [0.1, 0.15) is 36.7 Å². The van der Waals surface area contributed by atoms with Crippen LogP contribution >= 0.6 is 0 Å². The minimum Gasteiger partial charge on any atom is -0.350 e. The summed E-state index contributed by atoms with van der Waals surface area (Å²) in [6.45, 7) is 5.96. The summed E-state index contributed by atoms with van der Waals surface area (Å²) < 4.78 is 30.2. The van der Waals surface area contributed by atoms with E-state index in [9.17, 15) is 13.2 Å². The van der Waals surface area contributed by atoms with Gasteiger partial charge in [-0.05, 0) is 54.3 Å². The van der Waals surface area contributed by atoms with Gasteiger partial charge in [0.05, 0.1) is 16.3 Å². The fourth-order valence-corrected chi connectivity index (χ4v) is 5.41. The third kappa shape index (κ3) is 5.49. The van der Waals surface area contributed by atoms with Gasteiger partial charge in [-0.25, -0.2) is 13.4 Å². The first-order valence-corrected chi connectivity index (χ1v) is 13.2. The van der Waals surface area contributed by atoms with Crippen LogP contribution in [0.2, 0.25) is 0 Å². The number of hydrogen-bond acceptors (Lipinski definition) is 4. The molecule has 0 bridgehead atoms. The lowest BCUT2D eigenvalue weighted by Gasteiger charge is -2.24. The standard InChI is InChI=1S/C28H30N4O3S/c1-21(2)23-13-15-25(16-14-23)32(36(34,35)26-10-5-4-6-11-26)20-28(33)30-19-24-9-7-8-12-27(24)31-18-17-29-22(31)3/h4-18,21H,19-20H2,1-3H3,(H,30,33). The number of carbonyl (C=O) groups is 1. The molecule has 0 radical (unpaired) electrons. The number of benzene rings is 3. The van der Waals surface area contributed by atoms with Crippen molar-refractivity contribution >= 4 is 21.6 Å². The number of imidazole rings is 1. The number of carbonyl (C=O) groups excluding carboxylic acids is 1. The molecule has 0 aliphatic rings. The summed E-state index contributed by atoms with van der Waals surface area (Å²) in [5.41, 5.74) is 3.33. The van der Waals surface area contributed by atoms with E-state index in [4.69, 9.17) is 0 Å². The molecule has 186 valence electrons. The van der Waals surface area contributed by atoms with Crippen molar-refractivity contribution in [3.63, 3.8) is 0 Å². The van der Waals surface area contributed by atoms with Crippen molar-refractivity contribution in [1.29, 1.82) is 0 Å². The number of aryl methyl sites for hydroxylation is 1. The Morgan fingerprint density at radius 1 is 0.972 bits per heavy atom. The Labute approximate surface area is 212 Å². The number of nitrogens with zero attached hydrogens (tertiary/aromatic N) is 3. The van der Waals surface area contributed by atoms with Crippen molar-refractivity contribution < 1.29 is 13.2 Å². The maximum absolute atomic E-state index is 13.5. The third-order valence-corrected chi connectivity index (χ3v) is 7.81. The van der Waals surface area contributed by atoms with Gasteiger partial charge >= 0.3 is 0 Å². The van der Waals surface area contributed by atoms with E-state index in [2.05, 4.69) is 24.1 Å². The fourth-order valence-electron chi connectivity index (χ4n) is 3.97. The molecule has 1 amide bonds. The van der Waals surface area contributed by atoms with Gasteiger partial charge in [-0.15, -0.1) is 0 Å². The molecule has 8 heteroatoms. The summed E-state index contributed by atoms with van der Waals surface area (Å²) in [6.07, 6.45) is 3.59. The molecule has 1 heterocycles. The Bertz CT molecular complexity index is 1430. The molecule has 0 saturated carbocycles. The number of aromatic nitrogens is 2. The molecule has 0 saturated heterocycles. The van der Waals surface area contributed by atoms with E-state index in [0.29, 0.717) is 11.6 Å². The van der Waals surface area contributed by atoms with Crippen molar-refractivity contribution in [2.24, 2.45) is 0 Å². The van der Waals surface area contributed by atoms with E-state index < -0.39 is 15.9 Å². The lowest BCUT2D eigenvalue weighted by molar-refractivity contribution is -0.119. The molecule has 0 fully saturated rings. The highest BCUT2D eigenvalue weighted by Crippen LogP contribution is 2.26. The van der Waals surface area contributed by atoms with Crippen LogP contribution in [0.4, 0.5) is 5.69 Å². The Kier molecular flexibility index (Phi) is 7.55. The van der Waals surface area contributed by atoms with Gasteiger partial charge in [0.15, 0.2) is 0 Å². The van der Waals surface area contributed by atoms with Crippen LogP contribution in [0, 0.1) is 6.92 Å². The van der Waals surface area contributed by atoms with Crippen LogP contribution in [0.15, 0.2) is 96.2 Å². The van der Waals surface area contributed by atoms with Crippen LogP contribution in [-0.4, -0.2) is 30.4 Å². The minimum absolute atomic E-state index is 0.131. The topological polar surface area (TPSA) is 84.3 Å². The lowest BCUT2D eigenvalue weighted by Crippen LogP contribution is -2.40. The Balaban J connectivity index is 1.58. The molecular formula is C28H30N4O3S. The zero-order valence-corrected chi connectivity index (χ0v) is 21.4. The number of sulfonamides is 1. The lowest BCUT2D eigenvalue weighted by atomic mass is 10.0. The Morgan fingerprint density at radius 3 is 2.28 bits per heavy atom. The number of amides is 1. The van der Waals surface area contributed by atoms with Crippen LogP contribution in [0.3, 0.4) is 0 Å². The van der Waals surface area contributed by atoms with Gasteiger partial charge in [-0.3, -0.25) is 9.10 Å². The summed E-state index contributed by atoms with van der Waals surface area (Å²) in [5.74, 6) is 0.735. The maximum Gasteiger partial charge on any atom is 0.264 e. The van der Waals surface area contributed by atoms with Crippen molar-refractivity contribution in [1.82, 2.24) is 14.9 Å². The molecule has 0 aliphatic carbocycles. The van der Waals surface area contributed by atoms with Crippen LogP contribution < -0.4 is 9.62 Å². The molecule has 1 aromatic heterocycles. The SMILES string of the molecule is Cc1nccn1-c1ccccc1CNC(=O)CN(c1ccc(C(C)C)cc1)S(=O)(=O)c1ccccc1. The van der Waals surface area contributed by atoms with E-state index >= 15 is 0 Å². The summed E-state index contributed by atoms with van der Waals surface area (Å²) in [5, 5.41) is 2.90. The molecule has 4 rings (SSSR count). The number of rotatable bonds is 9. The molecule has 36 heavy (non-hydrogen) atoms. The van der Waals surface area contributed by atoms with Crippen LogP contribution in [0.5, 0.6) is 0 Å². The molecule has 0 unspecified atom stereocenters. The zero-order valence-electron chi connectivity index (χ0n) is 20.6. The van der Waals surface area contributed by atoms with Crippen molar-refractivity contribution in [3.8, 4) is 5.69 Å². The Hall–Kier alpha value is -3.91. The zero-order chi connectivity index (χ0) is 25.7. The summed E-state index contributed by atoms with van der Waals surface area (Å²) in [6, 6.07) is 23.2. The molecule has 0 atom stereocenters. The summed E-state index contributed by atoms with van der Waals surface area (Å²) in [7, 11) is -3.95. The van der Waals surface area contributed by atoms with Gasteiger partial charge in [0.1, 0.15) is 12.4 Å². The van der Waals surface area contributed by atoms with Crippen LogP contribution in [0.25, 0.3) is 5.69 Å². The van der Waals surface area contributed by atoms with E-state index in [1.165, 1.54) is 12.1 Å². The summed E-state index contributed by atoms with van der Waals surface area (Å²) in [4.78, 5) is 17.5. The van der Waals surface area contributed by atoms with E-state index in [0.717, 1.165) is 26.9 Å². The number of hydrogen-bond donors (Lipinski definition) is 1. The maximum atomic E-state index is 13.5. The molecule has 1 N–H and O–H groups in total. The van der Waals surface area contributed by atoms with Gasteiger partial charge in [-0.2, -0.15) is 0 Å². The van der Waals surface area contributed by atoms with E-state index in [-0.39, 0.29) is 18.0 Å². The number of anilines is 1. The van der Waals surface area contributed by atoms with E-state index in [1.54, 1.807) is 36.5 Å². The van der Waals surface area contributed by atoms with Gasteiger partial charge < -0.3 is 9.88 Å². The predicted octanol–water partition coefficient (Wildman–Crippen LogP) is 4.82. The average molecular weight is 503 g/mol. The third-order valence-electron chi connectivity index (χ3n) is 6.02. The Morgan fingerprint density at radius 2 is 1.64 bits per heavy atom. The quantitative estimate of drug-likeness (QED) is 0.356. The van der Waals surface area contributed by atoms with Gasteiger partial charge in [-0.1, -0.05) is 62.4 Å². The highest BCUT2D eigenvalue weighted by Gasteiger charge is 2.27. The van der Waals surface area contributed by atoms with Crippen molar-refractivity contribution in [2.45, 2.75) is 38.1 Å². The molecular weight excluding hydrogens is 472 g/mol. The molecule has 0 aliphatic heterocycles. The first-order valence-electron chi connectivity index (χ1n) is 11.8. The number of para-hydroxylation sites is 1. The second-order valence-corrected chi connectivity index (χ2v) is 10.7. The van der Waals surface area contributed by atoms with Crippen LogP contribution in [-0.2, 0) is 21.4 Å². The first-order chi connectivity index (χ1) is 17.3. The van der Waals surface area contributed by atoms with E-state index in [1.807, 2.05) is 54.1 Å². The highest BCUT2D eigenvalue weighted by molar-refractivity contribution is 7.92. The van der Waals surface area contributed by atoms with Gasteiger partial charge in [0.25, 0.3) is 10.0 Å². The van der Waals surface area contributed by atoms with Crippen molar-refractivity contribution in [2.75, 3.05) is 10.8 Å². The molecule has 3 aromatic carbocycles. The second kappa shape index (κ2) is 10.8. The predicted molar refractivity (Wildman–Crippen MR) is 142 cm³/mol. The van der Waals surface area contributed by atoms with Gasteiger partial charge in [0.2, 0.25) is 5.91 Å². The van der Waals surface area contributed by atoms with Crippen molar-refractivity contribution in [3.05, 3.63) is 108 Å². The minimum atomic E-state index is -3.95. The molecule has 0 spiro atoms. The largest absolute Gasteiger partial charge is 0.350 e. The second-order valence-electron chi connectivity index (χ2n) is 8.82. The smallest absolute Gasteiger partial charge is 0.264 e. The monoisotopic (exact) mass is 502 g/mol. The average Bonchev–Trinajstić information content (AvgIpc) is 3.32. The molecule has 4 aromatic rings. The number of nitrogens with one attached hydrogen (secondary N) is 1.